The van der Waals surface area contributed by atoms with Crippen molar-refractivity contribution in [2.75, 3.05) is 6.61 Å². The lowest BCUT2D eigenvalue weighted by molar-refractivity contribution is -0.381. The van der Waals surface area contributed by atoms with E-state index in [1.165, 1.54) is 18.1 Å². The molecule has 2 heterocycles. The lowest BCUT2D eigenvalue weighted by Gasteiger charge is -2.72. The van der Waals surface area contributed by atoms with Crippen molar-refractivity contribution >= 4 is 0 Å². The fraction of sp³-hybridized carbons (Fsp3) is 0.905. The van der Waals surface area contributed by atoms with E-state index in [0.29, 0.717) is 19.3 Å². The van der Waals surface area contributed by atoms with Crippen LogP contribution in [-0.2, 0) is 18.9 Å². The molecule has 2 aliphatic heterocycles. The normalized spacial score (nSPS) is 52.9. The first kappa shape index (κ1) is 42.6. The first-order chi connectivity index (χ1) is 25.1. The third-order valence-electron chi connectivity index (χ3n) is 16.0. The van der Waals surface area contributed by atoms with Gasteiger partial charge in [0, 0.05) is 0 Å². The number of rotatable bonds is 9. The second-order valence-corrected chi connectivity index (χ2v) is 19.6. The van der Waals surface area contributed by atoms with Crippen LogP contribution in [0.4, 0.5) is 0 Å². The van der Waals surface area contributed by atoms with E-state index >= 15 is 0 Å². The zero-order valence-electron chi connectivity index (χ0n) is 33.7. The van der Waals surface area contributed by atoms with Crippen molar-refractivity contribution in [2.45, 2.75) is 186 Å². The SMILES string of the molecule is C=C(CCC=C(C)C)[C@H]1CC[C@]2(C)[C@H]1[C@@H](O)C[C@H]1[C@]3(C)CC[C@H](O)C(C)(C)[C@@H]3[C@H](O[C@H]3O[C@@H](CO)[C@H](O)[C@@H](O)[C@@H]3O[C@H]3O[C@@H](C)[C@H](O)[C@@H](O)[C@@H]3O)C[C@@]12C. The van der Waals surface area contributed by atoms with Gasteiger partial charge >= 0.3 is 0 Å². The summed E-state index contributed by atoms with van der Waals surface area (Å²) in [7, 11) is 0. The quantitative estimate of drug-likeness (QED) is 0.126. The largest absolute Gasteiger partial charge is 0.394 e. The average Bonchev–Trinajstić information content (AvgIpc) is 3.48. The van der Waals surface area contributed by atoms with Gasteiger partial charge in [-0.2, -0.15) is 0 Å². The number of aliphatic hydroxyl groups is 8. The molecule has 6 rings (SSSR count). The van der Waals surface area contributed by atoms with Crippen molar-refractivity contribution in [1.29, 1.82) is 0 Å². The summed E-state index contributed by atoms with van der Waals surface area (Å²) in [5, 5.41) is 88.2. The Morgan fingerprint density at radius 3 is 2.15 bits per heavy atom. The van der Waals surface area contributed by atoms with Crippen molar-refractivity contribution < 1.29 is 59.8 Å². The fourth-order valence-electron chi connectivity index (χ4n) is 13.0. The van der Waals surface area contributed by atoms with E-state index in [1.807, 2.05) is 0 Å². The summed E-state index contributed by atoms with van der Waals surface area (Å²) in [6.07, 6.45) is -7.55. The van der Waals surface area contributed by atoms with Gasteiger partial charge < -0.3 is 59.8 Å². The number of hydrogen-bond donors (Lipinski definition) is 8. The van der Waals surface area contributed by atoms with Crippen LogP contribution >= 0.6 is 0 Å². The lowest BCUT2D eigenvalue weighted by atomic mass is 9.34. The van der Waals surface area contributed by atoms with Crippen molar-refractivity contribution in [3.8, 4) is 0 Å². The van der Waals surface area contributed by atoms with E-state index in [1.54, 1.807) is 0 Å². The summed E-state index contributed by atoms with van der Waals surface area (Å²) in [4.78, 5) is 0. The molecule has 0 amide bonds. The molecule has 0 aromatic heterocycles. The molecule has 8 N–H and O–H groups in total. The van der Waals surface area contributed by atoms with Gasteiger partial charge in [-0.1, -0.05) is 58.4 Å². The number of fused-ring (bicyclic) bond motifs is 5. The molecule has 12 nitrogen and oxygen atoms in total. The van der Waals surface area contributed by atoms with Crippen LogP contribution in [0.25, 0.3) is 0 Å². The van der Waals surface area contributed by atoms with E-state index in [4.69, 9.17) is 18.9 Å². The zero-order valence-corrected chi connectivity index (χ0v) is 33.7. The molecule has 54 heavy (non-hydrogen) atoms. The molecule has 6 aliphatic rings. The summed E-state index contributed by atoms with van der Waals surface area (Å²) in [6.45, 7) is 20.8. The molecular formula is C42H70O12. The van der Waals surface area contributed by atoms with E-state index < -0.39 is 91.7 Å². The molecule has 0 aromatic rings. The van der Waals surface area contributed by atoms with Gasteiger partial charge in [0.05, 0.1) is 31.0 Å². The molecular weight excluding hydrogens is 696 g/mol. The Hall–Kier alpha value is -1.00. The molecule has 4 aliphatic carbocycles. The molecule has 20 atom stereocenters. The molecule has 310 valence electrons. The van der Waals surface area contributed by atoms with Crippen LogP contribution in [0.15, 0.2) is 23.8 Å². The molecule has 0 radical (unpaired) electrons. The van der Waals surface area contributed by atoms with Crippen molar-refractivity contribution in [3.05, 3.63) is 23.8 Å². The maximum Gasteiger partial charge on any atom is 0.187 e. The van der Waals surface area contributed by atoms with Gasteiger partial charge in [0.15, 0.2) is 12.6 Å². The van der Waals surface area contributed by atoms with Crippen LogP contribution < -0.4 is 0 Å². The summed E-state index contributed by atoms with van der Waals surface area (Å²) >= 11 is 0. The number of ether oxygens (including phenoxy) is 4. The van der Waals surface area contributed by atoms with E-state index in [9.17, 15) is 40.9 Å². The monoisotopic (exact) mass is 766 g/mol. The number of hydrogen-bond acceptors (Lipinski definition) is 12. The van der Waals surface area contributed by atoms with Crippen LogP contribution in [0.1, 0.15) is 107 Å². The van der Waals surface area contributed by atoms with Gasteiger partial charge in [0.2, 0.25) is 0 Å². The summed E-state index contributed by atoms with van der Waals surface area (Å²) in [5.74, 6) is 0.0623. The van der Waals surface area contributed by atoms with Gasteiger partial charge in [-0.15, -0.1) is 0 Å². The Labute approximate surface area is 321 Å². The standard InChI is InChI=1S/C42H70O12/c1-20(2)11-10-12-21(3)23-13-16-41(8)29(23)24(44)17-27-40(7)15-14-28(45)39(5,6)36(40)25(18-42(27,41)9)52-38-35(33(49)31(47)26(19-43)53-38)54-37-34(50)32(48)30(46)22(4)51-37/h11,22-38,43-50H,3,10,12-19H2,1-2,4-9H3/t22-,23+,24-,25+,26-,27-,28-,29+,30-,31-,32+,33+,34-,35-,36-,37+,38-,40-,41+,42-/m0/s1. The van der Waals surface area contributed by atoms with Crippen LogP contribution in [0.3, 0.4) is 0 Å². The third kappa shape index (κ3) is 6.79. The Bertz CT molecular complexity index is 1380. The maximum atomic E-state index is 12.2. The van der Waals surface area contributed by atoms with Crippen LogP contribution in [0.2, 0.25) is 0 Å². The highest BCUT2D eigenvalue weighted by Gasteiger charge is 2.73. The van der Waals surface area contributed by atoms with Gasteiger partial charge in [0.1, 0.15) is 42.7 Å². The van der Waals surface area contributed by atoms with Crippen LogP contribution in [0.5, 0.6) is 0 Å². The van der Waals surface area contributed by atoms with Crippen LogP contribution in [0, 0.1) is 45.3 Å². The minimum atomic E-state index is -1.68. The van der Waals surface area contributed by atoms with Gasteiger partial charge in [-0.25, -0.2) is 0 Å². The molecule has 6 fully saturated rings. The Kier molecular flexibility index (Phi) is 12.1. The molecule has 2 saturated heterocycles. The number of aliphatic hydroxyl groups excluding tert-OH is 8. The predicted molar refractivity (Wildman–Crippen MR) is 199 cm³/mol. The van der Waals surface area contributed by atoms with E-state index in [2.05, 4.69) is 61.1 Å². The summed E-state index contributed by atoms with van der Waals surface area (Å²) in [5.41, 5.74) is 0.837. The second kappa shape index (κ2) is 15.3. The smallest absolute Gasteiger partial charge is 0.187 e. The molecule has 0 unspecified atom stereocenters. The highest BCUT2D eigenvalue weighted by Crippen LogP contribution is 2.76. The van der Waals surface area contributed by atoms with E-state index in [0.717, 1.165) is 32.1 Å². The molecule has 4 saturated carbocycles. The number of allylic oxidation sites excluding steroid dienone is 3. The average molecular weight is 767 g/mol. The Balaban J connectivity index is 1.37. The lowest BCUT2D eigenvalue weighted by Crippen LogP contribution is -2.71. The van der Waals surface area contributed by atoms with Gasteiger partial charge in [-0.05, 0) is 117 Å². The van der Waals surface area contributed by atoms with Crippen LogP contribution in [-0.4, -0.2) is 127 Å². The maximum absolute atomic E-state index is 12.2. The van der Waals surface area contributed by atoms with Crippen molar-refractivity contribution in [1.82, 2.24) is 0 Å². The Morgan fingerprint density at radius 1 is 0.815 bits per heavy atom. The highest BCUT2D eigenvalue weighted by molar-refractivity contribution is 5.24. The molecule has 0 spiro atoms. The minimum absolute atomic E-state index is 0.00685. The van der Waals surface area contributed by atoms with Gasteiger partial charge in [-0.3, -0.25) is 0 Å². The third-order valence-corrected chi connectivity index (χ3v) is 16.0. The highest BCUT2D eigenvalue weighted by atomic mass is 16.8. The first-order valence-electron chi connectivity index (χ1n) is 20.4. The minimum Gasteiger partial charge on any atom is -0.394 e. The summed E-state index contributed by atoms with van der Waals surface area (Å²) < 4.78 is 25.2. The van der Waals surface area contributed by atoms with Crippen molar-refractivity contribution in [3.63, 3.8) is 0 Å². The predicted octanol–water partition coefficient (Wildman–Crippen LogP) is 2.95. The molecule has 0 bridgehead atoms. The van der Waals surface area contributed by atoms with E-state index in [-0.39, 0.29) is 39.9 Å². The zero-order chi connectivity index (χ0) is 39.9. The first-order valence-corrected chi connectivity index (χ1v) is 20.4. The molecule has 12 heteroatoms. The Morgan fingerprint density at radius 2 is 1.50 bits per heavy atom. The molecule has 0 aromatic carbocycles. The topological polar surface area (TPSA) is 199 Å². The fourth-order valence-corrected chi connectivity index (χ4v) is 13.0. The van der Waals surface area contributed by atoms with Gasteiger partial charge in [0.25, 0.3) is 0 Å². The summed E-state index contributed by atoms with van der Waals surface area (Å²) in [6, 6.07) is 0. The second-order valence-electron chi connectivity index (χ2n) is 19.6. The van der Waals surface area contributed by atoms with Crippen molar-refractivity contribution in [2.24, 2.45) is 45.3 Å².